The molecule has 4 rings (SSSR count). The number of pyridine rings is 1. The minimum Gasteiger partial charge on any atom is -0.365 e. The number of fused-ring (bicyclic) bond motifs is 1. The summed E-state index contributed by atoms with van der Waals surface area (Å²) >= 11 is 0. The highest BCUT2D eigenvalue weighted by Gasteiger charge is 2.27. The van der Waals surface area contributed by atoms with Gasteiger partial charge in [0.25, 0.3) is 0 Å². The largest absolute Gasteiger partial charge is 0.365 e. The molecule has 1 atom stereocenters. The van der Waals surface area contributed by atoms with E-state index in [9.17, 15) is 5.26 Å². The Labute approximate surface area is 153 Å². The maximum Gasteiger partial charge on any atom is 0.146 e. The van der Waals surface area contributed by atoms with Crippen molar-refractivity contribution in [3.05, 3.63) is 35.3 Å². The van der Waals surface area contributed by atoms with E-state index in [0.29, 0.717) is 5.56 Å². The Morgan fingerprint density at radius 3 is 2.96 bits per heavy atom. The third kappa shape index (κ3) is 3.15. The summed E-state index contributed by atoms with van der Waals surface area (Å²) in [6.45, 7) is 1.71. The third-order valence-corrected chi connectivity index (χ3v) is 5.10. The van der Waals surface area contributed by atoms with E-state index in [0.717, 1.165) is 56.2 Å². The minimum absolute atomic E-state index is 0.279. The first-order valence-corrected chi connectivity index (χ1v) is 9.08. The zero-order valence-electron chi connectivity index (χ0n) is 15.2. The Morgan fingerprint density at radius 1 is 1.27 bits per heavy atom. The predicted octanol–water partition coefficient (Wildman–Crippen LogP) is 1.99. The van der Waals surface area contributed by atoms with Gasteiger partial charge < -0.3 is 15.1 Å². The molecule has 2 aromatic heterocycles. The first-order valence-electron chi connectivity index (χ1n) is 9.08. The van der Waals surface area contributed by atoms with Crippen molar-refractivity contribution in [2.75, 3.05) is 42.3 Å². The standard InChI is InChI=1S/C19H23N7/c1-25(2)18-9-17(21-12-22-18)23-15-6-7-26(11-15)19-14(10-20)8-13-4-3-5-16(13)24-19/h8-9,12,15H,3-7,11H2,1-2H3,(H,21,22,23). The number of hydrogen-bond donors (Lipinski definition) is 1. The normalized spacial score (nSPS) is 18.5. The Bertz CT molecular complexity index is 855. The molecule has 1 aliphatic heterocycles. The van der Waals surface area contributed by atoms with E-state index in [1.165, 1.54) is 11.3 Å². The third-order valence-electron chi connectivity index (χ3n) is 5.10. The van der Waals surface area contributed by atoms with Crippen LogP contribution < -0.4 is 15.1 Å². The van der Waals surface area contributed by atoms with Crippen LogP contribution in [-0.2, 0) is 12.8 Å². The molecule has 1 saturated heterocycles. The van der Waals surface area contributed by atoms with E-state index in [1.807, 2.05) is 31.1 Å². The van der Waals surface area contributed by atoms with Crippen LogP contribution in [0.25, 0.3) is 0 Å². The molecule has 134 valence electrons. The van der Waals surface area contributed by atoms with E-state index in [1.54, 1.807) is 6.33 Å². The lowest BCUT2D eigenvalue weighted by atomic mass is 10.1. The summed E-state index contributed by atoms with van der Waals surface area (Å²) in [5.41, 5.74) is 3.11. The molecule has 2 aliphatic rings. The van der Waals surface area contributed by atoms with Gasteiger partial charge in [0, 0.05) is 45.0 Å². The van der Waals surface area contributed by atoms with Crippen molar-refractivity contribution in [3.8, 4) is 6.07 Å². The molecule has 1 fully saturated rings. The highest BCUT2D eigenvalue weighted by molar-refractivity contribution is 5.58. The number of aromatic nitrogens is 3. The van der Waals surface area contributed by atoms with Gasteiger partial charge in [-0.25, -0.2) is 15.0 Å². The molecule has 0 bridgehead atoms. The van der Waals surface area contributed by atoms with Gasteiger partial charge in [-0.1, -0.05) is 0 Å². The van der Waals surface area contributed by atoms with Gasteiger partial charge in [-0.3, -0.25) is 0 Å². The second kappa shape index (κ2) is 6.79. The number of aryl methyl sites for hydroxylation is 2. The fourth-order valence-electron chi connectivity index (χ4n) is 3.73. The highest BCUT2D eigenvalue weighted by atomic mass is 15.2. The molecule has 3 heterocycles. The molecule has 1 unspecified atom stereocenters. The van der Waals surface area contributed by atoms with E-state index in [-0.39, 0.29) is 6.04 Å². The second-order valence-corrected chi connectivity index (χ2v) is 7.16. The van der Waals surface area contributed by atoms with Crippen molar-refractivity contribution >= 4 is 17.5 Å². The predicted molar refractivity (Wildman–Crippen MR) is 102 cm³/mol. The van der Waals surface area contributed by atoms with Gasteiger partial charge in [0.2, 0.25) is 0 Å². The van der Waals surface area contributed by atoms with Crippen molar-refractivity contribution in [2.24, 2.45) is 0 Å². The van der Waals surface area contributed by atoms with Crippen molar-refractivity contribution in [1.82, 2.24) is 15.0 Å². The van der Waals surface area contributed by atoms with Crippen LogP contribution in [0.3, 0.4) is 0 Å². The Morgan fingerprint density at radius 2 is 2.15 bits per heavy atom. The molecule has 2 aromatic rings. The maximum absolute atomic E-state index is 9.54. The van der Waals surface area contributed by atoms with E-state index >= 15 is 0 Å². The van der Waals surface area contributed by atoms with Crippen LogP contribution in [0.1, 0.15) is 29.7 Å². The number of nitrogens with zero attached hydrogens (tertiary/aromatic N) is 6. The molecule has 1 N–H and O–H groups in total. The molecule has 0 radical (unpaired) electrons. The number of nitrogens with one attached hydrogen (secondary N) is 1. The quantitative estimate of drug-likeness (QED) is 0.904. The zero-order valence-corrected chi connectivity index (χ0v) is 15.2. The van der Waals surface area contributed by atoms with Crippen LogP contribution in [0.5, 0.6) is 0 Å². The molecule has 0 spiro atoms. The monoisotopic (exact) mass is 349 g/mol. The van der Waals surface area contributed by atoms with Crippen LogP contribution in [-0.4, -0.2) is 48.2 Å². The van der Waals surface area contributed by atoms with E-state index in [2.05, 4.69) is 26.3 Å². The smallest absolute Gasteiger partial charge is 0.146 e. The Kier molecular flexibility index (Phi) is 4.33. The number of nitriles is 1. The summed E-state index contributed by atoms with van der Waals surface area (Å²) in [4.78, 5) is 17.6. The molecular weight excluding hydrogens is 326 g/mol. The zero-order chi connectivity index (χ0) is 18.1. The second-order valence-electron chi connectivity index (χ2n) is 7.16. The van der Waals surface area contributed by atoms with Gasteiger partial charge in [-0.05, 0) is 37.3 Å². The summed E-state index contributed by atoms with van der Waals surface area (Å²) in [5.74, 6) is 2.55. The van der Waals surface area contributed by atoms with Gasteiger partial charge in [0.1, 0.15) is 29.9 Å². The average molecular weight is 349 g/mol. The topological polar surface area (TPSA) is 81.0 Å². The van der Waals surface area contributed by atoms with Crippen molar-refractivity contribution in [2.45, 2.75) is 31.7 Å². The van der Waals surface area contributed by atoms with Crippen molar-refractivity contribution in [3.63, 3.8) is 0 Å². The first kappa shape index (κ1) is 16.6. The average Bonchev–Trinajstić information content (AvgIpc) is 3.29. The van der Waals surface area contributed by atoms with Crippen molar-refractivity contribution < 1.29 is 0 Å². The fourth-order valence-corrected chi connectivity index (χ4v) is 3.73. The molecule has 0 amide bonds. The van der Waals surface area contributed by atoms with Crippen LogP contribution in [0.4, 0.5) is 17.5 Å². The SMILES string of the molecule is CN(C)c1cc(NC2CCN(c3nc4c(cc3C#N)CCC4)C2)ncn1. The fraction of sp³-hybridized carbons (Fsp3) is 0.474. The summed E-state index contributed by atoms with van der Waals surface area (Å²) < 4.78 is 0. The molecule has 1 aliphatic carbocycles. The van der Waals surface area contributed by atoms with Gasteiger partial charge in [-0.15, -0.1) is 0 Å². The van der Waals surface area contributed by atoms with Crippen LogP contribution in [0.15, 0.2) is 18.5 Å². The summed E-state index contributed by atoms with van der Waals surface area (Å²) in [6.07, 6.45) is 5.79. The van der Waals surface area contributed by atoms with Crippen LogP contribution in [0, 0.1) is 11.3 Å². The van der Waals surface area contributed by atoms with Crippen LogP contribution >= 0.6 is 0 Å². The maximum atomic E-state index is 9.54. The lowest BCUT2D eigenvalue weighted by Crippen LogP contribution is -2.28. The summed E-state index contributed by atoms with van der Waals surface area (Å²) in [7, 11) is 3.93. The molecule has 0 aromatic carbocycles. The molecule has 7 heteroatoms. The Balaban J connectivity index is 1.49. The molecule has 7 nitrogen and oxygen atoms in total. The summed E-state index contributed by atoms with van der Waals surface area (Å²) in [5, 5.41) is 13.0. The van der Waals surface area contributed by atoms with Gasteiger partial charge >= 0.3 is 0 Å². The first-order chi connectivity index (χ1) is 12.6. The molecule has 0 saturated carbocycles. The van der Waals surface area contributed by atoms with Gasteiger partial charge in [0.05, 0.1) is 5.56 Å². The molecular formula is C19H23N7. The van der Waals surface area contributed by atoms with Crippen molar-refractivity contribution in [1.29, 1.82) is 5.26 Å². The highest BCUT2D eigenvalue weighted by Crippen LogP contribution is 2.29. The van der Waals surface area contributed by atoms with Crippen LogP contribution in [0.2, 0.25) is 0 Å². The Hall–Kier alpha value is -2.88. The number of rotatable bonds is 4. The summed E-state index contributed by atoms with van der Waals surface area (Å²) in [6, 6.07) is 6.61. The lowest BCUT2D eigenvalue weighted by Gasteiger charge is -2.20. The number of anilines is 3. The van der Waals surface area contributed by atoms with Gasteiger partial charge in [-0.2, -0.15) is 5.26 Å². The number of hydrogen-bond acceptors (Lipinski definition) is 7. The molecule has 26 heavy (non-hydrogen) atoms. The minimum atomic E-state index is 0.279. The lowest BCUT2D eigenvalue weighted by molar-refractivity contribution is 0.797. The van der Waals surface area contributed by atoms with Gasteiger partial charge in [0.15, 0.2) is 0 Å². The van der Waals surface area contributed by atoms with E-state index in [4.69, 9.17) is 4.98 Å². The van der Waals surface area contributed by atoms with E-state index < -0.39 is 0 Å².